The molecule has 0 saturated heterocycles. The van der Waals surface area contributed by atoms with Crippen molar-refractivity contribution in [1.29, 1.82) is 0 Å². The third-order valence-corrected chi connectivity index (χ3v) is 8.80. The van der Waals surface area contributed by atoms with Crippen molar-refractivity contribution >= 4 is 29.1 Å². The molecule has 0 N–H and O–H groups in total. The smallest absolute Gasteiger partial charge is 0.0461 e. The van der Waals surface area contributed by atoms with Crippen molar-refractivity contribution in [3.63, 3.8) is 0 Å². The number of rotatable bonds is 5. The van der Waals surface area contributed by atoms with Crippen LogP contribution in [-0.4, -0.2) is 0 Å². The molecule has 0 aromatic heterocycles. The number of hydrogen-bond donors (Lipinski definition) is 0. The van der Waals surface area contributed by atoms with Crippen LogP contribution in [0.3, 0.4) is 0 Å². The molecular weight excluding hydrogens is 530 g/mol. The Kier molecular flexibility index (Phi) is 7.08. The average Bonchev–Trinajstić information content (AvgIpc) is 3.30. The van der Waals surface area contributed by atoms with E-state index in [0.717, 1.165) is 16.6 Å². The molecule has 44 heavy (non-hydrogen) atoms. The molecule has 0 bridgehead atoms. The van der Waals surface area contributed by atoms with Crippen molar-refractivity contribution < 1.29 is 0 Å². The topological polar surface area (TPSA) is 3.24 Å². The lowest BCUT2D eigenvalue weighted by Crippen LogP contribution is -2.31. The lowest BCUT2D eigenvalue weighted by atomic mass is 9.80. The number of hydrogen-bond acceptors (Lipinski definition) is 1. The van der Waals surface area contributed by atoms with Crippen LogP contribution in [-0.2, 0) is 5.41 Å². The summed E-state index contributed by atoms with van der Waals surface area (Å²) in [7, 11) is 0. The van der Waals surface area contributed by atoms with Crippen molar-refractivity contribution in [2.75, 3.05) is 4.90 Å². The van der Waals surface area contributed by atoms with Gasteiger partial charge in [-0.15, -0.1) is 0 Å². The molecule has 6 aromatic rings. The van der Waals surface area contributed by atoms with Gasteiger partial charge in [0.1, 0.15) is 0 Å². The van der Waals surface area contributed by atoms with E-state index < -0.39 is 0 Å². The van der Waals surface area contributed by atoms with E-state index in [1.54, 1.807) is 0 Å². The summed E-state index contributed by atoms with van der Waals surface area (Å²) < 4.78 is 0. The molecule has 1 nitrogen and oxygen atoms in total. The summed E-state index contributed by atoms with van der Waals surface area (Å²) >= 11 is 0. The van der Waals surface area contributed by atoms with Crippen molar-refractivity contribution in [2.24, 2.45) is 0 Å². The van der Waals surface area contributed by atoms with Gasteiger partial charge in [0, 0.05) is 28.6 Å². The van der Waals surface area contributed by atoms with Crippen LogP contribution in [0.4, 0.5) is 11.4 Å². The quantitative estimate of drug-likeness (QED) is 0.201. The summed E-state index contributed by atoms with van der Waals surface area (Å²) in [6.07, 6.45) is 2.36. The third kappa shape index (κ3) is 4.87. The Morgan fingerprint density at radius 1 is 0.545 bits per heavy atom. The Hall–Kier alpha value is -5.40. The van der Waals surface area contributed by atoms with E-state index in [2.05, 4.69) is 189 Å². The molecule has 6 aromatic carbocycles. The van der Waals surface area contributed by atoms with Crippen LogP contribution in [0, 0.1) is 0 Å². The van der Waals surface area contributed by atoms with E-state index in [-0.39, 0.29) is 5.41 Å². The van der Waals surface area contributed by atoms with E-state index in [0.29, 0.717) is 0 Å². The molecule has 0 spiro atoms. The molecule has 0 heterocycles. The van der Waals surface area contributed by atoms with E-state index in [1.165, 1.54) is 49.7 Å². The van der Waals surface area contributed by atoms with Gasteiger partial charge in [-0.05, 0) is 73.7 Å². The number of benzene rings is 6. The Bertz CT molecular complexity index is 2090. The summed E-state index contributed by atoms with van der Waals surface area (Å²) in [5.74, 6) is 0. The predicted octanol–water partition coefficient (Wildman–Crippen LogP) is 9.75. The maximum Gasteiger partial charge on any atom is 0.0461 e. The molecule has 0 aliphatic heterocycles. The van der Waals surface area contributed by atoms with Crippen LogP contribution in [0.15, 0.2) is 164 Å². The minimum Gasteiger partial charge on any atom is -0.317 e. The second-order valence-corrected chi connectivity index (χ2v) is 11.9. The SMILES string of the molecule is C=c1ccccc1=C1/C(=C\N(c2ccccc2)c2cccc(-c3ccccc3)c2)c2c(-c3ccccc3)cccc2C1(C)C. The number of allylic oxidation sites excluding steroid dienone is 1. The Balaban J connectivity index is 1.56. The molecule has 0 unspecified atom stereocenters. The lowest BCUT2D eigenvalue weighted by Gasteiger charge is -2.25. The van der Waals surface area contributed by atoms with Crippen LogP contribution in [0.1, 0.15) is 25.0 Å². The molecule has 212 valence electrons. The van der Waals surface area contributed by atoms with Crippen molar-refractivity contribution in [2.45, 2.75) is 19.3 Å². The monoisotopic (exact) mass is 565 g/mol. The maximum atomic E-state index is 4.49. The normalized spacial score (nSPS) is 15.6. The summed E-state index contributed by atoms with van der Waals surface area (Å²) in [5.41, 5.74) is 11.9. The molecule has 7 rings (SSSR count). The molecule has 1 heteroatoms. The first-order valence-electron chi connectivity index (χ1n) is 15.2. The van der Waals surface area contributed by atoms with Crippen LogP contribution in [0.2, 0.25) is 0 Å². The lowest BCUT2D eigenvalue weighted by molar-refractivity contribution is 0.709. The second kappa shape index (κ2) is 11.4. The number of anilines is 2. The van der Waals surface area contributed by atoms with Crippen LogP contribution >= 0.6 is 0 Å². The number of fused-ring (bicyclic) bond motifs is 1. The highest BCUT2D eigenvalue weighted by Crippen LogP contribution is 2.53. The second-order valence-electron chi connectivity index (χ2n) is 11.9. The number of nitrogens with zero attached hydrogens (tertiary/aromatic N) is 1. The molecule has 0 amide bonds. The zero-order valence-corrected chi connectivity index (χ0v) is 25.2. The molecule has 0 saturated carbocycles. The first-order valence-corrected chi connectivity index (χ1v) is 15.2. The Labute approximate surface area is 260 Å². The molecule has 0 fully saturated rings. The van der Waals surface area contributed by atoms with Crippen LogP contribution in [0.5, 0.6) is 0 Å². The zero-order valence-electron chi connectivity index (χ0n) is 25.2. The average molecular weight is 566 g/mol. The highest BCUT2D eigenvalue weighted by molar-refractivity contribution is 6.11. The molecule has 0 atom stereocenters. The van der Waals surface area contributed by atoms with Gasteiger partial charge in [-0.2, -0.15) is 0 Å². The molecule has 1 aliphatic carbocycles. The Morgan fingerprint density at radius 2 is 1.11 bits per heavy atom. The minimum absolute atomic E-state index is 0.242. The first kappa shape index (κ1) is 27.4. The summed E-state index contributed by atoms with van der Waals surface area (Å²) in [5, 5.41) is 2.22. The van der Waals surface area contributed by atoms with E-state index in [1.807, 2.05) is 0 Å². The van der Waals surface area contributed by atoms with Gasteiger partial charge in [-0.1, -0.05) is 154 Å². The van der Waals surface area contributed by atoms with Crippen LogP contribution in [0.25, 0.3) is 40.0 Å². The van der Waals surface area contributed by atoms with E-state index in [4.69, 9.17) is 0 Å². The summed E-state index contributed by atoms with van der Waals surface area (Å²) in [4.78, 5) is 2.35. The van der Waals surface area contributed by atoms with Crippen LogP contribution < -0.4 is 15.3 Å². The van der Waals surface area contributed by atoms with Gasteiger partial charge >= 0.3 is 0 Å². The minimum atomic E-state index is -0.242. The van der Waals surface area contributed by atoms with Gasteiger partial charge in [0.25, 0.3) is 0 Å². The highest BCUT2D eigenvalue weighted by Gasteiger charge is 2.40. The van der Waals surface area contributed by atoms with Gasteiger partial charge in [0.15, 0.2) is 0 Å². The first-order chi connectivity index (χ1) is 21.5. The van der Waals surface area contributed by atoms with Crippen molar-refractivity contribution in [1.82, 2.24) is 0 Å². The molecule has 0 radical (unpaired) electrons. The third-order valence-electron chi connectivity index (χ3n) is 8.80. The van der Waals surface area contributed by atoms with E-state index in [9.17, 15) is 0 Å². The molecular formula is C43H35N. The van der Waals surface area contributed by atoms with Gasteiger partial charge in [0.05, 0.1) is 0 Å². The van der Waals surface area contributed by atoms with Gasteiger partial charge < -0.3 is 4.90 Å². The standard InChI is InChI=1S/C43H35N/c1-31-17-13-14-26-37(31)42-39(41-38(33-20-9-5-10-21-33)27-16-28-40(41)43(42,2)3)30-44(35-23-11-6-12-24-35)36-25-15-22-34(29-36)32-18-7-4-8-19-32/h4-30H,1H2,2-3H3/b39-30-,42-37?. The fraction of sp³-hybridized carbons (Fsp3) is 0.0698. The predicted molar refractivity (Wildman–Crippen MR) is 188 cm³/mol. The van der Waals surface area contributed by atoms with E-state index >= 15 is 0 Å². The van der Waals surface area contributed by atoms with Gasteiger partial charge in [0.2, 0.25) is 0 Å². The fourth-order valence-electron chi connectivity index (χ4n) is 6.67. The molecule has 1 aliphatic rings. The largest absolute Gasteiger partial charge is 0.317 e. The fourth-order valence-corrected chi connectivity index (χ4v) is 6.67. The Morgan fingerprint density at radius 3 is 1.82 bits per heavy atom. The number of para-hydroxylation sites is 1. The summed E-state index contributed by atoms with van der Waals surface area (Å²) in [6, 6.07) is 56.2. The highest BCUT2D eigenvalue weighted by atomic mass is 15.1. The maximum absolute atomic E-state index is 4.49. The summed E-state index contributed by atoms with van der Waals surface area (Å²) in [6.45, 7) is 9.19. The van der Waals surface area contributed by atoms with Crippen molar-refractivity contribution in [3.8, 4) is 22.3 Å². The van der Waals surface area contributed by atoms with Crippen molar-refractivity contribution in [3.05, 3.63) is 185 Å². The van der Waals surface area contributed by atoms with Gasteiger partial charge in [-0.3, -0.25) is 0 Å². The zero-order chi connectivity index (χ0) is 30.1. The van der Waals surface area contributed by atoms with Gasteiger partial charge in [-0.25, -0.2) is 0 Å².